The molecule has 2 rings (SSSR count). The van der Waals surface area contributed by atoms with Crippen LogP contribution in [0.15, 0.2) is 12.1 Å². The van der Waals surface area contributed by atoms with Gasteiger partial charge in [-0.05, 0) is 57.3 Å². The lowest BCUT2D eigenvalue weighted by Gasteiger charge is -2.27. The van der Waals surface area contributed by atoms with E-state index in [1.165, 1.54) is 0 Å². The van der Waals surface area contributed by atoms with Gasteiger partial charge in [-0.15, -0.1) is 0 Å². The van der Waals surface area contributed by atoms with E-state index < -0.39 is 5.67 Å². The first-order valence-corrected chi connectivity index (χ1v) is 6.63. The number of rotatable bonds is 2. The van der Waals surface area contributed by atoms with Gasteiger partial charge >= 0.3 is 0 Å². The van der Waals surface area contributed by atoms with Crippen LogP contribution in [0.5, 0.6) is 5.75 Å². The number of halogens is 1. The Morgan fingerprint density at radius 3 is 2.72 bits per heavy atom. The van der Waals surface area contributed by atoms with E-state index in [4.69, 9.17) is 4.74 Å². The highest BCUT2D eigenvalue weighted by Gasteiger charge is 2.35. The monoisotopic (exact) mass is 251 g/mol. The minimum absolute atomic E-state index is 0.520. The number of hydrogen-bond donors (Lipinski definition) is 1. The van der Waals surface area contributed by atoms with E-state index in [1.54, 1.807) is 7.11 Å². The van der Waals surface area contributed by atoms with Crippen LogP contribution in [-0.4, -0.2) is 20.2 Å². The molecule has 1 aliphatic heterocycles. The third-order valence-electron chi connectivity index (χ3n) is 3.99. The van der Waals surface area contributed by atoms with Gasteiger partial charge in [0.2, 0.25) is 0 Å². The Hall–Kier alpha value is -1.09. The molecule has 1 atom stereocenters. The molecule has 1 N–H and O–H groups in total. The van der Waals surface area contributed by atoms with Gasteiger partial charge < -0.3 is 10.1 Å². The molecule has 3 heteroatoms. The third kappa shape index (κ3) is 2.37. The molecule has 100 valence electrons. The summed E-state index contributed by atoms with van der Waals surface area (Å²) in [6, 6.07) is 3.89. The molecule has 1 aromatic carbocycles. The number of methoxy groups -OCH3 is 1. The van der Waals surface area contributed by atoms with Crippen molar-refractivity contribution < 1.29 is 9.13 Å². The van der Waals surface area contributed by atoms with Crippen molar-refractivity contribution in [3.05, 3.63) is 28.8 Å². The van der Waals surface area contributed by atoms with Crippen LogP contribution in [0.4, 0.5) is 4.39 Å². The Kier molecular flexibility index (Phi) is 3.91. The van der Waals surface area contributed by atoms with Crippen LogP contribution in [0.25, 0.3) is 0 Å². The van der Waals surface area contributed by atoms with Gasteiger partial charge in [0.15, 0.2) is 0 Å². The van der Waals surface area contributed by atoms with Crippen molar-refractivity contribution in [1.82, 2.24) is 5.32 Å². The molecule has 0 saturated carbocycles. The Labute approximate surface area is 109 Å². The quantitative estimate of drug-likeness (QED) is 0.871. The van der Waals surface area contributed by atoms with Crippen molar-refractivity contribution in [1.29, 1.82) is 0 Å². The fraction of sp³-hybridized carbons (Fsp3) is 0.600. The maximum absolute atomic E-state index is 15.2. The number of alkyl halides is 1. The van der Waals surface area contributed by atoms with Crippen LogP contribution in [0.2, 0.25) is 0 Å². The fourth-order valence-corrected chi connectivity index (χ4v) is 2.71. The average molecular weight is 251 g/mol. The van der Waals surface area contributed by atoms with Crippen molar-refractivity contribution in [3.63, 3.8) is 0 Å². The summed E-state index contributed by atoms with van der Waals surface area (Å²) < 4.78 is 20.7. The molecule has 0 amide bonds. The molecule has 1 heterocycles. The van der Waals surface area contributed by atoms with E-state index in [0.29, 0.717) is 12.8 Å². The van der Waals surface area contributed by atoms with E-state index in [-0.39, 0.29) is 0 Å². The summed E-state index contributed by atoms with van der Waals surface area (Å²) in [5.74, 6) is 0.722. The Morgan fingerprint density at radius 1 is 1.22 bits per heavy atom. The van der Waals surface area contributed by atoms with Crippen LogP contribution in [0, 0.1) is 13.8 Å². The van der Waals surface area contributed by atoms with Crippen LogP contribution < -0.4 is 10.1 Å². The van der Waals surface area contributed by atoms with Crippen molar-refractivity contribution in [2.75, 3.05) is 20.2 Å². The van der Waals surface area contributed by atoms with Crippen molar-refractivity contribution in [2.24, 2.45) is 0 Å². The van der Waals surface area contributed by atoms with Gasteiger partial charge in [0.05, 0.1) is 7.11 Å². The lowest BCUT2D eigenvalue weighted by molar-refractivity contribution is 0.140. The number of ether oxygens (including phenoxy) is 1. The zero-order valence-corrected chi connectivity index (χ0v) is 11.5. The molecule has 18 heavy (non-hydrogen) atoms. The third-order valence-corrected chi connectivity index (χ3v) is 3.99. The lowest BCUT2D eigenvalue weighted by Crippen LogP contribution is -2.23. The molecule has 1 aliphatic rings. The summed E-state index contributed by atoms with van der Waals surface area (Å²) in [6.45, 7) is 5.66. The molecule has 1 fully saturated rings. The van der Waals surface area contributed by atoms with Crippen molar-refractivity contribution in [3.8, 4) is 5.75 Å². The Balaban J connectivity index is 2.45. The van der Waals surface area contributed by atoms with Crippen molar-refractivity contribution in [2.45, 2.75) is 38.8 Å². The second-order valence-electron chi connectivity index (χ2n) is 5.16. The first kappa shape index (κ1) is 13.3. The predicted molar refractivity (Wildman–Crippen MR) is 72.0 cm³/mol. The van der Waals surface area contributed by atoms with Gasteiger partial charge in [-0.25, -0.2) is 4.39 Å². The predicted octanol–water partition coefficient (Wildman–Crippen LogP) is 3.25. The molecule has 0 bridgehead atoms. The van der Waals surface area contributed by atoms with E-state index >= 15 is 4.39 Å². The molecule has 0 aliphatic carbocycles. The second kappa shape index (κ2) is 5.27. The average Bonchev–Trinajstić information content (AvgIpc) is 2.58. The molecule has 0 aromatic heterocycles. The summed E-state index contributed by atoms with van der Waals surface area (Å²) in [4.78, 5) is 0. The summed E-state index contributed by atoms with van der Waals surface area (Å²) in [5, 5.41) is 3.25. The summed E-state index contributed by atoms with van der Waals surface area (Å²) in [6.07, 6.45) is 1.96. The zero-order valence-electron chi connectivity index (χ0n) is 11.5. The maximum Gasteiger partial charge on any atom is 0.140 e. The Bertz CT molecular complexity index is 423. The number of nitrogens with one attached hydrogen (secondary N) is 1. The highest BCUT2D eigenvalue weighted by atomic mass is 19.1. The smallest absolute Gasteiger partial charge is 0.140 e. The zero-order chi connectivity index (χ0) is 13.2. The fourth-order valence-electron chi connectivity index (χ4n) is 2.71. The molecular weight excluding hydrogens is 229 g/mol. The minimum Gasteiger partial charge on any atom is -0.496 e. The molecule has 0 spiro atoms. The topological polar surface area (TPSA) is 21.3 Å². The van der Waals surface area contributed by atoms with E-state index in [9.17, 15) is 0 Å². The van der Waals surface area contributed by atoms with E-state index in [1.807, 2.05) is 26.0 Å². The van der Waals surface area contributed by atoms with E-state index in [2.05, 4.69) is 5.32 Å². The number of hydrogen-bond acceptors (Lipinski definition) is 2. The van der Waals surface area contributed by atoms with Gasteiger partial charge in [0.1, 0.15) is 11.4 Å². The normalized spacial score (nSPS) is 24.7. The standard InChI is InChI=1S/C15H22FNO/c1-11-5-6-13(14(18-3)12(11)2)15(16)7-4-9-17-10-8-15/h5-6,17H,4,7-10H2,1-3H3. The van der Waals surface area contributed by atoms with Crippen LogP contribution in [0.3, 0.4) is 0 Å². The molecule has 2 nitrogen and oxygen atoms in total. The Morgan fingerprint density at radius 2 is 2.00 bits per heavy atom. The molecule has 1 unspecified atom stereocenters. The molecule has 1 saturated heterocycles. The number of benzene rings is 1. The number of aryl methyl sites for hydroxylation is 1. The van der Waals surface area contributed by atoms with Gasteiger partial charge in [0, 0.05) is 5.56 Å². The highest BCUT2D eigenvalue weighted by molar-refractivity contribution is 5.48. The van der Waals surface area contributed by atoms with Gasteiger partial charge in [-0.1, -0.05) is 12.1 Å². The first-order valence-electron chi connectivity index (χ1n) is 6.63. The van der Waals surface area contributed by atoms with Gasteiger partial charge in [0.25, 0.3) is 0 Å². The van der Waals surface area contributed by atoms with Crippen LogP contribution in [0.1, 0.15) is 36.0 Å². The molecule has 1 aromatic rings. The minimum atomic E-state index is -1.26. The summed E-state index contributed by atoms with van der Waals surface area (Å²) in [5.41, 5.74) is 1.65. The molecule has 0 radical (unpaired) electrons. The second-order valence-corrected chi connectivity index (χ2v) is 5.16. The summed E-state index contributed by atoms with van der Waals surface area (Å²) in [7, 11) is 1.63. The first-order chi connectivity index (χ1) is 8.58. The largest absolute Gasteiger partial charge is 0.496 e. The van der Waals surface area contributed by atoms with Crippen molar-refractivity contribution >= 4 is 0 Å². The van der Waals surface area contributed by atoms with Crippen LogP contribution >= 0.6 is 0 Å². The SMILES string of the molecule is COc1c(C2(F)CCCNCC2)ccc(C)c1C. The highest BCUT2D eigenvalue weighted by Crippen LogP contribution is 2.42. The lowest BCUT2D eigenvalue weighted by atomic mass is 9.86. The van der Waals surface area contributed by atoms with Gasteiger partial charge in [-0.2, -0.15) is 0 Å². The van der Waals surface area contributed by atoms with Gasteiger partial charge in [-0.3, -0.25) is 0 Å². The molecular formula is C15H22FNO. The van der Waals surface area contributed by atoms with E-state index in [0.717, 1.165) is 42.0 Å². The summed E-state index contributed by atoms with van der Waals surface area (Å²) >= 11 is 0. The maximum atomic E-state index is 15.2. The van der Waals surface area contributed by atoms with Crippen LogP contribution in [-0.2, 0) is 5.67 Å².